The molecule has 0 unspecified atom stereocenters. The first kappa shape index (κ1) is 6.75. The molecule has 44 valence electrons. The van der Waals surface area contributed by atoms with E-state index in [9.17, 15) is 4.79 Å². The molecule has 0 aliphatic heterocycles. The van der Waals surface area contributed by atoms with Crippen LogP contribution in [0.2, 0.25) is 0 Å². The van der Waals surface area contributed by atoms with Crippen molar-refractivity contribution < 1.29 is 9.53 Å². The average molecular weight is 113 g/mol. The van der Waals surface area contributed by atoms with Crippen LogP contribution in [0.4, 0.5) is 0 Å². The van der Waals surface area contributed by atoms with E-state index in [1.807, 2.05) is 0 Å². The number of ether oxygens (including phenoxy) is 1. The molecule has 0 rings (SSSR count). The average Bonchev–Trinajstić information content (AvgIpc) is 1.65. The molecule has 3 heteroatoms. The van der Waals surface area contributed by atoms with Crippen molar-refractivity contribution in [2.24, 2.45) is 5.73 Å². The minimum Gasteiger partial charge on any atom is -0.408 e. The number of hydrogen-bond donors (Lipinski definition) is 1. The van der Waals surface area contributed by atoms with E-state index in [-0.39, 0.29) is 5.88 Å². The highest BCUT2D eigenvalue weighted by Crippen LogP contribution is 1.82. The number of esters is 1. The van der Waals surface area contributed by atoms with Crippen molar-refractivity contribution in [1.29, 1.82) is 0 Å². The van der Waals surface area contributed by atoms with Crippen LogP contribution in [0.5, 0.6) is 0 Å². The van der Waals surface area contributed by atoms with Gasteiger partial charge in [-0.1, -0.05) is 6.58 Å². The van der Waals surface area contributed by atoms with E-state index in [4.69, 9.17) is 5.73 Å². The molecule has 0 bridgehead atoms. The van der Waals surface area contributed by atoms with Gasteiger partial charge < -0.3 is 10.5 Å². The van der Waals surface area contributed by atoms with Crippen LogP contribution >= 0.6 is 0 Å². The van der Waals surface area contributed by atoms with Crippen molar-refractivity contribution in [3.63, 3.8) is 0 Å². The molecule has 0 aromatic rings. The second-order valence-electron chi connectivity index (χ2n) is 1.09. The summed E-state index contributed by atoms with van der Waals surface area (Å²) in [6, 6.07) is 0. The first-order valence-corrected chi connectivity index (χ1v) is 1.95. The maximum Gasteiger partial charge on any atom is 0.336 e. The maximum atomic E-state index is 10.1. The maximum absolute atomic E-state index is 10.1. The minimum absolute atomic E-state index is 0.116. The molecule has 0 aromatic carbocycles. The Morgan fingerprint density at radius 3 is 2.38 bits per heavy atom. The predicted octanol–water partition coefficient (Wildman–Crippen LogP) is 0.146. The zero-order valence-corrected chi connectivity index (χ0v) is 4.39. The van der Waals surface area contributed by atoms with E-state index in [0.29, 0.717) is 0 Å². The molecule has 0 aliphatic rings. The molecular formula is C5H7NO2. The van der Waals surface area contributed by atoms with Gasteiger partial charge in [-0.25, -0.2) is 4.79 Å². The smallest absolute Gasteiger partial charge is 0.336 e. The van der Waals surface area contributed by atoms with Crippen molar-refractivity contribution in [2.75, 3.05) is 0 Å². The lowest BCUT2D eigenvalue weighted by Crippen LogP contribution is -2.05. The first-order valence-electron chi connectivity index (χ1n) is 1.95. The van der Waals surface area contributed by atoms with E-state index in [1.54, 1.807) is 0 Å². The van der Waals surface area contributed by atoms with Crippen LogP contribution in [-0.4, -0.2) is 5.97 Å². The van der Waals surface area contributed by atoms with Gasteiger partial charge in [0.1, 0.15) is 0 Å². The van der Waals surface area contributed by atoms with Gasteiger partial charge in [0.05, 0.1) is 0 Å². The standard InChI is InChI=1S/C5H7NO2/c1-3-5(7)8-4(2)6/h3H,1-2,6H2. The van der Waals surface area contributed by atoms with Crippen LogP contribution in [0.3, 0.4) is 0 Å². The molecule has 3 nitrogen and oxygen atoms in total. The van der Waals surface area contributed by atoms with Crippen molar-refractivity contribution in [2.45, 2.75) is 0 Å². The van der Waals surface area contributed by atoms with Crippen LogP contribution in [-0.2, 0) is 9.53 Å². The van der Waals surface area contributed by atoms with Crippen LogP contribution in [0, 0.1) is 0 Å². The Morgan fingerprint density at radius 1 is 1.75 bits per heavy atom. The monoisotopic (exact) mass is 113 g/mol. The third-order valence-electron chi connectivity index (χ3n) is 0.398. The van der Waals surface area contributed by atoms with Crippen molar-refractivity contribution >= 4 is 5.97 Å². The van der Waals surface area contributed by atoms with Crippen LogP contribution in [0.25, 0.3) is 0 Å². The van der Waals surface area contributed by atoms with Gasteiger partial charge in [-0.05, 0) is 6.58 Å². The zero-order valence-electron chi connectivity index (χ0n) is 4.39. The Kier molecular flexibility index (Phi) is 2.40. The predicted molar refractivity (Wildman–Crippen MR) is 29.6 cm³/mol. The van der Waals surface area contributed by atoms with Gasteiger partial charge in [0.25, 0.3) is 0 Å². The van der Waals surface area contributed by atoms with Crippen LogP contribution < -0.4 is 5.73 Å². The number of hydrogen-bond acceptors (Lipinski definition) is 3. The second kappa shape index (κ2) is 2.85. The Balaban J connectivity index is 3.55. The molecule has 0 atom stereocenters. The molecule has 0 radical (unpaired) electrons. The Morgan fingerprint density at radius 2 is 2.25 bits per heavy atom. The van der Waals surface area contributed by atoms with Gasteiger partial charge in [0.2, 0.25) is 0 Å². The summed E-state index contributed by atoms with van der Waals surface area (Å²) in [5.41, 5.74) is 4.88. The van der Waals surface area contributed by atoms with Crippen molar-refractivity contribution in [3.05, 3.63) is 25.1 Å². The largest absolute Gasteiger partial charge is 0.408 e. The topological polar surface area (TPSA) is 52.3 Å². The molecule has 0 fully saturated rings. The summed E-state index contributed by atoms with van der Waals surface area (Å²) in [6.07, 6.45) is 1.01. The Hall–Kier alpha value is -1.25. The summed E-state index contributed by atoms with van der Waals surface area (Å²) in [4.78, 5) is 10.1. The number of rotatable bonds is 2. The zero-order chi connectivity index (χ0) is 6.57. The van der Waals surface area contributed by atoms with Gasteiger partial charge in [0.15, 0.2) is 5.88 Å². The number of carbonyl (C=O) groups excluding carboxylic acids is 1. The molecule has 0 aliphatic carbocycles. The van der Waals surface area contributed by atoms with Crippen LogP contribution in [0.1, 0.15) is 0 Å². The molecule has 0 aromatic heterocycles. The Labute approximate surface area is 47.4 Å². The number of nitrogens with two attached hydrogens (primary N) is 1. The van der Waals surface area contributed by atoms with Gasteiger partial charge in [-0.3, -0.25) is 0 Å². The van der Waals surface area contributed by atoms with Crippen molar-refractivity contribution in [1.82, 2.24) is 0 Å². The first-order chi connectivity index (χ1) is 3.66. The minimum atomic E-state index is -0.586. The molecule has 0 heterocycles. The highest BCUT2D eigenvalue weighted by Gasteiger charge is 1.92. The van der Waals surface area contributed by atoms with Gasteiger partial charge in [0, 0.05) is 6.08 Å². The van der Waals surface area contributed by atoms with E-state index in [2.05, 4.69) is 17.9 Å². The molecular weight excluding hydrogens is 106 g/mol. The summed E-state index contributed by atoms with van der Waals surface area (Å²) in [5, 5.41) is 0. The van der Waals surface area contributed by atoms with E-state index < -0.39 is 5.97 Å². The molecule has 8 heavy (non-hydrogen) atoms. The van der Waals surface area contributed by atoms with Gasteiger partial charge in [-0.15, -0.1) is 0 Å². The quantitative estimate of drug-likeness (QED) is 0.315. The highest BCUT2D eigenvalue weighted by atomic mass is 16.5. The summed E-state index contributed by atoms with van der Waals surface area (Å²) < 4.78 is 4.23. The van der Waals surface area contributed by atoms with E-state index >= 15 is 0 Å². The third-order valence-corrected chi connectivity index (χ3v) is 0.398. The summed E-state index contributed by atoms with van der Waals surface area (Å²) >= 11 is 0. The second-order valence-corrected chi connectivity index (χ2v) is 1.09. The Bertz CT molecular complexity index is 128. The number of carbonyl (C=O) groups is 1. The van der Waals surface area contributed by atoms with Crippen LogP contribution in [0.15, 0.2) is 25.1 Å². The summed E-state index contributed by atoms with van der Waals surface area (Å²) in [5.74, 6) is -0.701. The molecule has 0 saturated carbocycles. The summed E-state index contributed by atoms with van der Waals surface area (Å²) in [6.45, 7) is 6.27. The molecule has 0 spiro atoms. The fourth-order valence-electron chi connectivity index (χ4n) is 0.171. The van der Waals surface area contributed by atoms with E-state index in [0.717, 1.165) is 6.08 Å². The highest BCUT2D eigenvalue weighted by molar-refractivity contribution is 5.81. The fourth-order valence-corrected chi connectivity index (χ4v) is 0.171. The molecule has 0 saturated heterocycles. The fraction of sp³-hybridized carbons (Fsp3) is 0. The molecule has 0 amide bonds. The van der Waals surface area contributed by atoms with E-state index in [1.165, 1.54) is 0 Å². The third kappa shape index (κ3) is 2.96. The van der Waals surface area contributed by atoms with Gasteiger partial charge in [-0.2, -0.15) is 0 Å². The summed E-state index contributed by atoms with van der Waals surface area (Å²) in [7, 11) is 0. The SMILES string of the molecule is C=CC(=O)OC(=C)N. The lowest BCUT2D eigenvalue weighted by molar-refractivity contribution is -0.133. The van der Waals surface area contributed by atoms with Gasteiger partial charge >= 0.3 is 5.97 Å². The lowest BCUT2D eigenvalue weighted by atomic mass is 10.7. The molecule has 2 N–H and O–H groups in total. The van der Waals surface area contributed by atoms with Crippen molar-refractivity contribution in [3.8, 4) is 0 Å². The lowest BCUT2D eigenvalue weighted by Gasteiger charge is -1.94. The normalized spacial score (nSPS) is 7.50.